The Morgan fingerprint density at radius 2 is 1.72 bits per heavy atom. The van der Waals surface area contributed by atoms with Gasteiger partial charge in [0.15, 0.2) is 0 Å². The third kappa shape index (κ3) is 5.89. The fraction of sp³-hybridized carbons (Fsp3) is 0.100. The van der Waals surface area contributed by atoms with E-state index in [0.717, 1.165) is 24.3 Å². The number of hydrogen-bond donors (Lipinski definition) is 2. The highest BCUT2D eigenvalue weighted by atomic mass is 35.5. The molecule has 0 aliphatic carbocycles. The van der Waals surface area contributed by atoms with Crippen LogP contribution in [0.4, 0.5) is 29.3 Å². The maximum absolute atomic E-state index is 12.8. The van der Waals surface area contributed by atoms with E-state index in [0.29, 0.717) is 27.4 Å². The minimum atomic E-state index is -4.59. The SMILES string of the molecule is O=C(C=C1SC(=O)N(CC(=O)Nc2cccc(C(F)(F)F)c2)C1=O)Nc1ccc(Cl)cc1. The van der Waals surface area contributed by atoms with E-state index in [2.05, 4.69) is 10.6 Å². The molecule has 0 spiro atoms. The Bertz CT molecular complexity index is 1120. The summed E-state index contributed by atoms with van der Waals surface area (Å²) in [5, 5.41) is 4.38. The molecule has 3 rings (SSSR count). The summed E-state index contributed by atoms with van der Waals surface area (Å²) in [5.74, 6) is -2.42. The molecule has 12 heteroatoms. The van der Waals surface area contributed by atoms with E-state index in [1.165, 1.54) is 18.2 Å². The fourth-order valence-corrected chi connectivity index (χ4v) is 3.52. The van der Waals surface area contributed by atoms with Crippen LogP contribution in [0.2, 0.25) is 5.02 Å². The summed E-state index contributed by atoms with van der Waals surface area (Å²) in [6.07, 6.45) is -3.67. The van der Waals surface area contributed by atoms with Crippen molar-refractivity contribution < 1.29 is 32.3 Å². The molecule has 1 saturated heterocycles. The Labute approximate surface area is 188 Å². The van der Waals surface area contributed by atoms with Gasteiger partial charge in [-0.2, -0.15) is 13.2 Å². The second-order valence-electron chi connectivity index (χ2n) is 6.39. The molecule has 4 amide bonds. The molecule has 0 radical (unpaired) electrons. The van der Waals surface area contributed by atoms with Crippen LogP contribution in [-0.4, -0.2) is 34.4 Å². The number of alkyl halides is 3. The molecule has 1 fully saturated rings. The molecule has 0 saturated carbocycles. The maximum atomic E-state index is 12.8. The van der Waals surface area contributed by atoms with Gasteiger partial charge in [-0.1, -0.05) is 17.7 Å². The van der Waals surface area contributed by atoms with Crippen LogP contribution in [-0.2, 0) is 20.6 Å². The molecule has 1 aliphatic heterocycles. The summed E-state index contributed by atoms with van der Waals surface area (Å²) in [4.78, 5) is 49.2. The zero-order valence-electron chi connectivity index (χ0n) is 15.9. The average Bonchev–Trinajstić information content (AvgIpc) is 2.96. The highest BCUT2D eigenvalue weighted by molar-refractivity contribution is 8.18. The first-order valence-electron chi connectivity index (χ1n) is 8.82. The van der Waals surface area contributed by atoms with Gasteiger partial charge in [0.2, 0.25) is 11.8 Å². The van der Waals surface area contributed by atoms with Gasteiger partial charge >= 0.3 is 6.18 Å². The molecule has 2 N–H and O–H groups in total. The lowest BCUT2D eigenvalue weighted by Gasteiger charge is -2.13. The highest BCUT2D eigenvalue weighted by Gasteiger charge is 2.37. The van der Waals surface area contributed by atoms with E-state index >= 15 is 0 Å². The van der Waals surface area contributed by atoms with Crippen LogP contribution < -0.4 is 10.6 Å². The number of hydrogen-bond acceptors (Lipinski definition) is 5. The van der Waals surface area contributed by atoms with Gasteiger partial charge in [0.05, 0.1) is 10.5 Å². The zero-order valence-corrected chi connectivity index (χ0v) is 17.5. The molecule has 0 atom stereocenters. The minimum absolute atomic E-state index is 0.144. The van der Waals surface area contributed by atoms with Crippen molar-refractivity contribution in [2.24, 2.45) is 0 Å². The van der Waals surface area contributed by atoms with Gasteiger partial charge < -0.3 is 10.6 Å². The molecular formula is C20H13ClF3N3O4S. The minimum Gasteiger partial charge on any atom is -0.325 e. The van der Waals surface area contributed by atoms with Gasteiger partial charge in [0.25, 0.3) is 11.1 Å². The number of anilines is 2. The molecular weight excluding hydrogens is 471 g/mol. The smallest absolute Gasteiger partial charge is 0.325 e. The average molecular weight is 484 g/mol. The first kappa shape index (κ1) is 23.4. The first-order valence-corrected chi connectivity index (χ1v) is 10.0. The molecule has 166 valence electrons. The summed E-state index contributed by atoms with van der Waals surface area (Å²) in [5.41, 5.74) is -0.693. The van der Waals surface area contributed by atoms with Crippen LogP contribution in [0.15, 0.2) is 59.5 Å². The van der Waals surface area contributed by atoms with Crippen molar-refractivity contribution in [1.29, 1.82) is 0 Å². The summed E-state index contributed by atoms with van der Waals surface area (Å²) >= 11 is 6.22. The van der Waals surface area contributed by atoms with Gasteiger partial charge in [-0.15, -0.1) is 0 Å². The van der Waals surface area contributed by atoms with Gasteiger partial charge in [-0.3, -0.25) is 24.1 Å². The number of nitrogens with zero attached hydrogens (tertiary/aromatic N) is 1. The lowest BCUT2D eigenvalue weighted by molar-refractivity contribution is -0.137. The zero-order chi connectivity index (χ0) is 23.5. The van der Waals surface area contributed by atoms with Crippen LogP contribution in [0.3, 0.4) is 0 Å². The standard InChI is InChI=1S/C20H13ClF3N3O4S/c21-12-4-6-13(7-5-12)25-16(28)9-15-18(30)27(19(31)32-15)10-17(29)26-14-3-1-2-11(8-14)20(22,23)24/h1-9H,10H2,(H,25,28)(H,26,29). The molecule has 0 unspecified atom stereocenters. The van der Waals surface area contributed by atoms with E-state index in [1.807, 2.05) is 0 Å². The van der Waals surface area contributed by atoms with Crippen molar-refractivity contribution >= 4 is 57.7 Å². The van der Waals surface area contributed by atoms with Gasteiger partial charge in [0, 0.05) is 22.5 Å². The highest BCUT2D eigenvalue weighted by Crippen LogP contribution is 2.32. The van der Waals surface area contributed by atoms with Gasteiger partial charge in [-0.05, 0) is 54.2 Å². The quantitative estimate of drug-likeness (QED) is 0.610. The number of benzene rings is 2. The second-order valence-corrected chi connectivity index (χ2v) is 7.82. The third-order valence-corrected chi connectivity index (χ3v) is 5.18. The van der Waals surface area contributed by atoms with E-state index in [-0.39, 0.29) is 10.6 Å². The van der Waals surface area contributed by atoms with Gasteiger partial charge in [-0.25, -0.2) is 0 Å². The number of imide groups is 1. The predicted octanol–water partition coefficient (Wildman–Crippen LogP) is 4.52. The Morgan fingerprint density at radius 1 is 1.03 bits per heavy atom. The number of nitrogens with one attached hydrogen (secondary N) is 2. The number of carbonyl (C=O) groups is 4. The van der Waals surface area contributed by atoms with Crippen molar-refractivity contribution in [3.63, 3.8) is 0 Å². The third-order valence-electron chi connectivity index (χ3n) is 4.02. The van der Waals surface area contributed by atoms with Crippen molar-refractivity contribution in [2.45, 2.75) is 6.18 Å². The number of rotatable bonds is 5. The second kappa shape index (κ2) is 9.45. The molecule has 2 aromatic carbocycles. The van der Waals surface area contributed by atoms with E-state index < -0.39 is 41.2 Å². The Balaban J connectivity index is 1.63. The molecule has 0 bridgehead atoms. The predicted molar refractivity (Wildman–Crippen MR) is 113 cm³/mol. The monoisotopic (exact) mass is 483 g/mol. The molecule has 1 heterocycles. The largest absolute Gasteiger partial charge is 0.416 e. The van der Waals surface area contributed by atoms with E-state index in [1.54, 1.807) is 12.1 Å². The summed E-state index contributed by atoms with van der Waals surface area (Å²) in [7, 11) is 0. The maximum Gasteiger partial charge on any atom is 0.416 e. The first-order chi connectivity index (χ1) is 15.0. The summed E-state index contributed by atoms with van der Waals surface area (Å²) < 4.78 is 38.3. The molecule has 2 aromatic rings. The topological polar surface area (TPSA) is 95.6 Å². The van der Waals surface area contributed by atoms with Crippen molar-refractivity contribution in [3.05, 3.63) is 70.1 Å². The number of thioether (sulfide) groups is 1. The Hall–Kier alpha value is -3.31. The lowest BCUT2D eigenvalue weighted by Crippen LogP contribution is -2.36. The molecule has 0 aromatic heterocycles. The lowest BCUT2D eigenvalue weighted by atomic mass is 10.2. The van der Waals surface area contributed by atoms with Crippen LogP contribution in [0.5, 0.6) is 0 Å². The van der Waals surface area contributed by atoms with E-state index in [9.17, 15) is 32.3 Å². The molecule has 32 heavy (non-hydrogen) atoms. The van der Waals surface area contributed by atoms with Crippen molar-refractivity contribution in [1.82, 2.24) is 4.90 Å². The summed E-state index contributed by atoms with van der Waals surface area (Å²) in [6.45, 7) is -0.725. The molecule has 7 nitrogen and oxygen atoms in total. The Morgan fingerprint density at radius 3 is 2.38 bits per heavy atom. The number of halogens is 4. The summed E-state index contributed by atoms with van der Waals surface area (Å²) in [6, 6.07) is 10.1. The Kier molecular flexibility index (Phi) is 6.90. The van der Waals surface area contributed by atoms with E-state index in [4.69, 9.17) is 11.6 Å². The van der Waals surface area contributed by atoms with Crippen molar-refractivity contribution in [2.75, 3.05) is 17.2 Å². The molecule has 1 aliphatic rings. The number of amides is 4. The van der Waals surface area contributed by atoms with Crippen LogP contribution >= 0.6 is 23.4 Å². The fourth-order valence-electron chi connectivity index (χ4n) is 2.58. The van der Waals surface area contributed by atoms with Crippen LogP contribution in [0.25, 0.3) is 0 Å². The normalized spacial score (nSPS) is 15.2. The van der Waals surface area contributed by atoms with Crippen LogP contribution in [0.1, 0.15) is 5.56 Å². The number of carbonyl (C=O) groups excluding carboxylic acids is 4. The van der Waals surface area contributed by atoms with Crippen molar-refractivity contribution in [3.8, 4) is 0 Å². The van der Waals surface area contributed by atoms with Gasteiger partial charge in [0.1, 0.15) is 6.54 Å². The van der Waals surface area contributed by atoms with Crippen LogP contribution in [0, 0.1) is 0 Å².